The molecule has 3 aromatic rings. The molecule has 0 aliphatic heterocycles. The summed E-state index contributed by atoms with van der Waals surface area (Å²) in [5.41, 5.74) is 3.61. The number of ketones is 1. The predicted molar refractivity (Wildman–Crippen MR) is 148 cm³/mol. The highest BCUT2D eigenvalue weighted by molar-refractivity contribution is 5.98. The molecule has 7 nitrogen and oxygen atoms in total. The fourth-order valence-electron chi connectivity index (χ4n) is 4.94. The highest BCUT2D eigenvalue weighted by atomic mass is 16.5. The molecule has 0 atom stereocenters. The van der Waals surface area contributed by atoms with Crippen molar-refractivity contribution < 1.29 is 28.6 Å². The number of carbonyl (C=O) groups is 3. The van der Waals surface area contributed by atoms with E-state index in [1.54, 1.807) is 6.07 Å². The molecule has 1 heterocycles. The molecule has 38 heavy (non-hydrogen) atoms. The second-order valence-electron chi connectivity index (χ2n) is 11.1. The average molecular weight is 522 g/mol. The molecule has 0 spiro atoms. The van der Waals surface area contributed by atoms with Crippen molar-refractivity contribution in [2.75, 3.05) is 20.2 Å². The lowest BCUT2D eigenvalue weighted by molar-refractivity contribution is -0.137. The summed E-state index contributed by atoms with van der Waals surface area (Å²) >= 11 is 0. The Morgan fingerprint density at radius 3 is 2.24 bits per heavy atom. The SMILES string of the molecule is CCC(CC)(c1cc(C)c2oc(C(=O)N(C)CC(=O)O)cc2c1)c1cccc(C)c1OCC(=O)C(C)(C)C. The number of hydrogen-bond donors (Lipinski definition) is 1. The Hall–Kier alpha value is -3.61. The van der Waals surface area contributed by atoms with E-state index in [1.165, 1.54) is 7.05 Å². The zero-order chi connectivity index (χ0) is 28.4. The van der Waals surface area contributed by atoms with Crippen molar-refractivity contribution in [2.45, 2.75) is 66.7 Å². The van der Waals surface area contributed by atoms with Gasteiger partial charge in [0.2, 0.25) is 0 Å². The first-order valence-electron chi connectivity index (χ1n) is 13.0. The van der Waals surface area contributed by atoms with Crippen molar-refractivity contribution >= 4 is 28.6 Å². The van der Waals surface area contributed by atoms with Crippen LogP contribution in [0.15, 0.2) is 40.8 Å². The number of Topliss-reactive ketones (excluding diaryl/α,β-unsaturated/α-hetero) is 1. The van der Waals surface area contributed by atoms with Crippen molar-refractivity contribution in [3.63, 3.8) is 0 Å². The van der Waals surface area contributed by atoms with Gasteiger partial charge in [0.15, 0.2) is 11.5 Å². The molecule has 0 saturated heterocycles. The van der Waals surface area contributed by atoms with E-state index in [0.717, 1.165) is 51.1 Å². The summed E-state index contributed by atoms with van der Waals surface area (Å²) in [6, 6.07) is 11.9. The minimum Gasteiger partial charge on any atom is -0.485 e. The number of carbonyl (C=O) groups excluding carboxylic acids is 2. The van der Waals surface area contributed by atoms with Gasteiger partial charge in [0.05, 0.1) is 0 Å². The largest absolute Gasteiger partial charge is 0.485 e. The van der Waals surface area contributed by atoms with Gasteiger partial charge < -0.3 is 19.2 Å². The number of aryl methyl sites for hydroxylation is 2. The molecule has 3 rings (SSSR count). The predicted octanol–water partition coefficient (Wildman–Crippen LogP) is 6.31. The van der Waals surface area contributed by atoms with Gasteiger partial charge in [-0.3, -0.25) is 14.4 Å². The summed E-state index contributed by atoms with van der Waals surface area (Å²) in [5.74, 6) is -0.718. The average Bonchev–Trinajstić information content (AvgIpc) is 3.28. The number of nitrogens with zero attached hydrogens (tertiary/aromatic N) is 1. The molecule has 2 aromatic carbocycles. The van der Waals surface area contributed by atoms with E-state index in [-0.39, 0.29) is 18.2 Å². The molecule has 1 N–H and O–H groups in total. The molecule has 0 radical (unpaired) electrons. The maximum absolute atomic E-state index is 12.8. The van der Waals surface area contributed by atoms with Crippen LogP contribution >= 0.6 is 0 Å². The standard InChI is InChI=1S/C31H39NO6/c1-9-31(10-2,23-13-11-12-19(3)28(23)37-18-25(33)30(5,6)7)22-14-20(4)27-21(15-22)16-24(38-27)29(36)32(8)17-26(34)35/h11-16H,9-10,17-18H2,1-8H3,(H,34,35). The molecular formula is C31H39NO6. The third-order valence-electron chi connectivity index (χ3n) is 7.40. The molecule has 0 fully saturated rings. The quantitative estimate of drug-likeness (QED) is 0.336. The van der Waals surface area contributed by atoms with Gasteiger partial charge in [0, 0.05) is 28.8 Å². The third kappa shape index (κ3) is 5.62. The monoisotopic (exact) mass is 521 g/mol. The molecule has 0 aliphatic carbocycles. The van der Waals surface area contributed by atoms with Gasteiger partial charge >= 0.3 is 5.97 Å². The lowest BCUT2D eigenvalue weighted by atomic mass is 9.69. The molecule has 0 aliphatic rings. The van der Waals surface area contributed by atoms with Crippen LogP contribution < -0.4 is 4.74 Å². The number of hydrogen-bond acceptors (Lipinski definition) is 5. The second kappa shape index (κ2) is 11.0. The Labute approximate surface area is 224 Å². The van der Waals surface area contributed by atoms with E-state index in [9.17, 15) is 14.4 Å². The van der Waals surface area contributed by atoms with Gasteiger partial charge in [-0.25, -0.2) is 0 Å². The lowest BCUT2D eigenvalue weighted by Crippen LogP contribution is -2.31. The number of fused-ring (bicyclic) bond motifs is 1. The van der Waals surface area contributed by atoms with Gasteiger partial charge in [-0.15, -0.1) is 0 Å². The van der Waals surface area contributed by atoms with Gasteiger partial charge in [-0.05, 0) is 55.5 Å². The van der Waals surface area contributed by atoms with E-state index >= 15 is 0 Å². The summed E-state index contributed by atoms with van der Waals surface area (Å²) in [5, 5.41) is 9.82. The van der Waals surface area contributed by atoms with Gasteiger partial charge in [-0.2, -0.15) is 0 Å². The topological polar surface area (TPSA) is 97.1 Å². The first-order chi connectivity index (χ1) is 17.7. The number of carboxylic acids is 1. The Morgan fingerprint density at radius 2 is 1.66 bits per heavy atom. The number of rotatable bonds is 10. The van der Waals surface area contributed by atoms with E-state index < -0.39 is 29.3 Å². The highest BCUT2D eigenvalue weighted by Gasteiger charge is 2.35. The van der Waals surface area contributed by atoms with Crippen molar-refractivity contribution in [1.82, 2.24) is 4.90 Å². The van der Waals surface area contributed by atoms with Crippen LogP contribution in [0.4, 0.5) is 0 Å². The second-order valence-corrected chi connectivity index (χ2v) is 11.1. The normalized spacial score (nSPS) is 12.0. The molecule has 7 heteroatoms. The Bertz CT molecular complexity index is 1360. The Morgan fingerprint density at radius 1 is 1.00 bits per heavy atom. The molecular weight excluding hydrogens is 482 g/mol. The summed E-state index contributed by atoms with van der Waals surface area (Å²) < 4.78 is 12.1. The summed E-state index contributed by atoms with van der Waals surface area (Å²) in [6.45, 7) is 13.5. The number of benzene rings is 2. The lowest BCUT2D eigenvalue weighted by Gasteiger charge is -2.35. The van der Waals surface area contributed by atoms with Crippen molar-refractivity contribution in [3.05, 3.63) is 64.4 Å². The number of amides is 1. The molecule has 1 amide bonds. The number of carboxylic acid groups (broad SMARTS) is 1. The molecule has 0 bridgehead atoms. The van der Waals surface area contributed by atoms with Crippen LogP contribution in [0, 0.1) is 19.3 Å². The van der Waals surface area contributed by atoms with Crippen LogP contribution in [0.3, 0.4) is 0 Å². The molecule has 0 unspecified atom stereocenters. The fraction of sp³-hybridized carbons (Fsp3) is 0.452. The van der Waals surface area contributed by atoms with Gasteiger partial charge in [-0.1, -0.05) is 58.9 Å². The van der Waals surface area contributed by atoms with E-state index in [4.69, 9.17) is 14.3 Å². The van der Waals surface area contributed by atoms with Crippen LogP contribution in [0.2, 0.25) is 0 Å². The van der Waals surface area contributed by atoms with E-state index in [2.05, 4.69) is 26.0 Å². The van der Waals surface area contributed by atoms with Crippen molar-refractivity contribution in [1.29, 1.82) is 0 Å². The maximum atomic E-state index is 12.8. The maximum Gasteiger partial charge on any atom is 0.323 e. The minimum absolute atomic E-state index is 0.0000124. The van der Waals surface area contributed by atoms with E-state index in [1.807, 2.05) is 52.8 Å². The fourth-order valence-corrected chi connectivity index (χ4v) is 4.94. The number of likely N-dealkylation sites (N-methyl/N-ethyl adjacent to an activating group) is 1. The van der Waals surface area contributed by atoms with Crippen LogP contribution in [-0.2, 0) is 15.0 Å². The van der Waals surface area contributed by atoms with Gasteiger partial charge in [0.25, 0.3) is 5.91 Å². The Balaban J connectivity index is 2.12. The van der Waals surface area contributed by atoms with Crippen LogP contribution in [0.25, 0.3) is 11.0 Å². The first kappa shape index (κ1) is 29.0. The van der Waals surface area contributed by atoms with Crippen LogP contribution in [0.1, 0.15) is 80.3 Å². The van der Waals surface area contributed by atoms with Crippen LogP contribution in [-0.4, -0.2) is 47.9 Å². The zero-order valence-electron chi connectivity index (χ0n) is 23.7. The summed E-state index contributed by atoms with van der Waals surface area (Å²) in [6.07, 6.45) is 1.57. The molecule has 204 valence electrons. The number of ether oxygens (including phenoxy) is 1. The van der Waals surface area contributed by atoms with Crippen molar-refractivity contribution in [2.24, 2.45) is 5.41 Å². The Kier molecular flexibility index (Phi) is 8.39. The first-order valence-corrected chi connectivity index (χ1v) is 13.0. The molecule has 1 aromatic heterocycles. The third-order valence-corrected chi connectivity index (χ3v) is 7.40. The van der Waals surface area contributed by atoms with Crippen LogP contribution in [0.5, 0.6) is 5.75 Å². The number of para-hydroxylation sites is 1. The smallest absolute Gasteiger partial charge is 0.323 e. The molecule has 0 saturated carbocycles. The van der Waals surface area contributed by atoms with Crippen molar-refractivity contribution in [3.8, 4) is 5.75 Å². The highest BCUT2D eigenvalue weighted by Crippen LogP contribution is 2.45. The minimum atomic E-state index is -1.09. The summed E-state index contributed by atoms with van der Waals surface area (Å²) in [4.78, 5) is 37.6. The number of furan rings is 1. The van der Waals surface area contributed by atoms with E-state index in [0.29, 0.717) is 5.58 Å². The van der Waals surface area contributed by atoms with Gasteiger partial charge in [0.1, 0.15) is 24.5 Å². The number of aliphatic carboxylic acids is 1. The zero-order valence-corrected chi connectivity index (χ0v) is 23.7. The summed E-state index contributed by atoms with van der Waals surface area (Å²) in [7, 11) is 1.44.